The second-order valence-electron chi connectivity index (χ2n) is 3.56. The van der Waals surface area contributed by atoms with E-state index in [0.717, 1.165) is 12.2 Å². The summed E-state index contributed by atoms with van der Waals surface area (Å²) in [5.74, 6) is 0.0786. The summed E-state index contributed by atoms with van der Waals surface area (Å²) in [6.45, 7) is 1.87. The molecule has 1 saturated heterocycles. The maximum absolute atomic E-state index is 11.3. The molecule has 0 radical (unpaired) electrons. The van der Waals surface area contributed by atoms with E-state index in [4.69, 9.17) is 0 Å². The minimum atomic E-state index is -1.01. The zero-order valence-corrected chi connectivity index (χ0v) is 9.21. The highest BCUT2D eigenvalue weighted by molar-refractivity contribution is 8.00. The Morgan fingerprint density at radius 3 is 2.79 bits per heavy atom. The summed E-state index contributed by atoms with van der Waals surface area (Å²) in [5, 5.41) is 9.19. The first-order chi connectivity index (χ1) is 6.55. The molecule has 0 aromatic carbocycles. The van der Waals surface area contributed by atoms with Gasteiger partial charge in [0.15, 0.2) is 5.54 Å². The number of aliphatic carboxylic acids is 1. The van der Waals surface area contributed by atoms with E-state index >= 15 is 0 Å². The van der Waals surface area contributed by atoms with Crippen LogP contribution in [0.2, 0.25) is 0 Å². The van der Waals surface area contributed by atoms with Crippen LogP contribution in [0.5, 0.6) is 0 Å². The molecule has 1 amide bonds. The molecule has 1 aliphatic heterocycles. The molecule has 0 aliphatic carbocycles. The van der Waals surface area contributed by atoms with Gasteiger partial charge in [-0.1, -0.05) is 6.92 Å². The van der Waals surface area contributed by atoms with Crippen LogP contribution in [0.15, 0.2) is 0 Å². The second-order valence-corrected chi connectivity index (χ2v) is 5.01. The molecule has 1 N–H and O–H groups in total. The van der Waals surface area contributed by atoms with Gasteiger partial charge in [0, 0.05) is 12.3 Å². The van der Waals surface area contributed by atoms with Gasteiger partial charge < -0.3 is 10.0 Å². The summed E-state index contributed by atoms with van der Waals surface area (Å²) in [6.07, 6.45) is 2.00. The third kappa shape index (κ3) is 1.61. The fraction of sp³-hybridized carbons (Fsp3) is 0.778. The molecule has 1 rings (SSSR count). The summed E-state index contributed by atoms with van der Waals surface area (Å²) < 4.78 is 0. The monoisotopic (exact) mass is 217 g/mol. The molecule has 80 valence electrons. The van der Waals surface area contributed by atoms with Gasteiger partial charge >= 0.3 is 5.97 Å². The van der Waals surface area contributed by atoms with Crippen LogP contribution >= 0.6 is 11.8 Å². The number of amides is 1. The van der Waals surface area contributed by atoms with Crippen molar-refractivity contribution in [3.05, 3.63) is 0 Å². The molecule has 0 aromatic rings. The van der Waals surface area contributed by atoms with E-state index < -0.39 is 11.5 Å². The van der Waals surface area contributed by atoms with Crippen LogP contribution < -0.4 is 0 Å². The normalized spacial score (nSPS) is 32.3. The second kappa shape index (κ2) is 4.21. The Balaban J connectivity index is 3.00. The molecule has 1 aliphatic rings. The van der Waals surface area contributed by atoms with Crippen LogP contribution in [0.1, 0.15) is 19.8 Å². The molecule has 0 saturated carbocycles. The Hall–Kier alpha value is -0.710. The van der Waals surface area contributed by atoms with E-state index in [9.17, 15) is 14.7 Å². The minimum absolute atomic E-state index is 0.0519. The third-order valence-corrected chi connectivity index (χ3v) is 4.31. The highest BCUT2D eigenvalue weighted by Crippen LogP contribution is 2.37. The van der Waals surface area contributed by atoms with E-state index in [2.05, 4.69) is 0 Å². The van der Waals surface area contributed by atoms with Crippen molar-refractivity contribution in [2.75, 3.05) is 12.8 Å². The number of carbonyl (C=O) groups is 2. The number of thioether (sulfide) groups is 1. The lowest BCUT2D eigenvalue weighted by Gasteiger charge is -2.43. The summed E-state index contributed by atoms with van der Waals surface area (Å²) >= 11 is 1.62. The Kier molecular flexibility index (Phi) is 3.42. The van der Waals surface area contributed by atoms with Gasteiger partial charge in [0.25, 0.3) is 0 Å². The lowest BCUT2D eigenvalue weighted by molar-refractivity contribution is -0.154. The number of carboxylic acids is 1. The Morgan fingerprint density at radius 2 is 2.36 bits per heavy atom. The van der Waals surface area contributed by atoms with E-state index in [-0.39, 0.29) is 5.25 Å². The number of nitrogens with zero attached hydrogens (tertiary/aromatic N) is 1. The van der Waals surface area contributed by atoms with Crippen molar-refractivity contribution in [1.29, 1.82) is 0 Å². The molecule has 0 bridgehead atoms. The van der Waals surface area contributed by atoms with Gasteiger partial charge in [-0.3, -0.25) is 4.79 Å². The molecule has 1 heterocycles. The average molecular weight is 217 g/mol. The molecule has 0 aromatic heterocycles. The topological polar surface area (TPSA) is 57.6 Å². The van der Waals surface area contributed by atoms with Crippen molar-refractivity contribution >= 4 is 24.1 Å². The molecule has 14 heavy (non-hydrogen) atoms. The first-order valence-electron chi connectivity index (χ1n) is 4.59. The fourth-order valence-corrected chi connectivity index (χ4v) is 3.26. The highest BCUT2D eigenvalue weighted by Gasteiger charge is 2.48. The predicted octanol–water partition coefficient (Wildman–Crippen LogP) is 0.813. The first-order valence-corrected chi connectivity index (χ1v) is 5.64. The SMILES string of the molecule is CC1SCCCC1(C(=O)O)N(C)C=O. The Morgan fingerprint density at radius 1 is 1.71 bits per heavy atom. The number of likely N-dealkylation sites (N-methyl/N-ethyl adjacent to an activating group) is 1. The van der Waals surface area contributed by atoms with Crippen LogP contribution in [-0.2, 0) is 9.59 Å². The fourth-order valence-electron chi connectivity index (χ4n) is 1.93. The molecular formula is C9H15NO3S. The Bertz CT molecular complexity index is 246. The number of hydrogen-bond acceptors (Lipinski definition) is 3. The van der Waals surface area contributed by atoms with Gasteiger partial charge in [-0.05, 0) is 18.6 Å². The van der Waals surface area contributed by atoms with E-state index in [1.807, 2.05) is 6.92 Å². The first kappa shape index (κ1) is 11.4. The summed E-state index contributed by atoms with van der Waals surface area (Å²) in [5.41, 5.74) is -1.01. The van der Waals surface area contributed by atoms with Crippen LogP contribution in [0.25, 0.3) is 0 Å². The van der Waals surface area contributed by atoms with Gasteiger partial charge in [-0.25, -0.2) is 4.79 Å². The molecule has 4 nitrogen and oxygen atoms in total. The van der Waals surface area contributed by atoms with Gasteiger partial charge in [0.05, 0.1) is 0 Å². The quantitative estimate of drug-likeness (QED) is 0.711. The molecule has 1 fully saturated rings. The van der Waals surface area contributed by atoms with Crippen LogP contribution in [0, 0.1) is 0 Å². The van der Waals surface area contributed by atoms with Crippen molar-refractivity contribution in [2.45, 2.75) is 30.6 Å². The molecular weight excluding hydrogens is 202 g/mol. The smallest absolute Gasteiger partial charge is 0.330 e. The zero-order valence-electron chi connectivity index (χ0n) is 8.40. The largest absolute Gasteiger partial charge is 0.479 e. The summed E-state index contributed by atoms with van der Waals surface area (Å²) in [4.78, 5) is 23.3. The maximum atomic E-state index is 11.3. The summed E-state index contributed by atoms with van der Waals surface area (Å²) in [6, 6.07) is 0. The van der Waals surface area contributed by atoms with E-state index in [0.29, 0.717) is 12.8 Å². The Labute approximate surface area is 87.7 Å². The minimum Gasteiger partial charge on any atom is -0.479 e. The lowest BCUT2D eigenvalue weighted by Crippen LogP contribution is -2.59. The van der Waals surface area contributed by atoms with Gasteiger partial charge in [0.1, 0.15) is 0 Å². The van der Waals surface area contributed by atoms with Gasteiger partial charge in [0.2, 0.25) is 6.41 Å². The van der Waals surface area contributed by atoms with Crippen LogP contribution in [0.3, 0.4) is 0 Å². The van der Waals surface area contributed by atoms with Crippen molar-refractivity contribution < 1.29 is 14.7 Å². The van der Waals surface area contributed by atoms with Gasteiger partial charge in [-0.2, -0.15) is 11.8 Å². The zero-order chi connectivity index (χ0) is 10.8. The summed E-state index contributed by atoms with van der Waals surface area (Å²) in [7, 11) is 1.55. The number of carbonyl (C=O) groups excluding carboxylic acids is 1. The molecule has 2 atom stereocenters. The number of hydrogen-bond donors (Lipinski definition) is 1. The average Bonchev–Trinajstić information content (AvgIpc) is 2.17. The third-order valence-electron chi connectivity index (χ3n) is 2.90. The van der Waals surface area contributed by atoms with Crippen LogP contribution in [-0.4, -0.2) is 46.0 Å². The van der Waals surface area contributed by atoms with Crippen molar-refractivity contribution in [2.24, 2.45) is 0 Å². The standard InChI is InChI=1S/C9H15NO3S/c1-7-9(8(12)13,10(2)6-11)4-3-5-14-7/h6-7H,3-5H2,1-2H3,(H,12,13). The number of carboxylic acid groups (broad SMARTS) is 1. The van der Waals surface area contributed by atoms with Crippen molar-refractivity contribution in [3.63, 3.8) is 0 Å². The molecule has 5 heteroatoms. The lowest BCUT2D eigenvalue weighted by atomic mass is 9.88. The van der Waals surface area contributed by atoms with E-state index in [1.54, 1.807) is 18.8 Å². The van der Waals surface area contributed by atoms with Crippen LogP contribution in [0.4, 0.5) is 0 Å². The molecule has 0 spiro atoms. The van der Waals surface area contributed by atoms with E-state index in [1.165, 1.54) is 4.90 Å². The highest BCUT2D eigenvalue weighted by atomic mass is 32.2. The predicted molar refractivity (Wildman–Crippen MR) is 55.3 cm³/mol. The van der Waals surface area contributed by atoms with Crippen molar-refractivity contribution in [1.82, 2.24) is 4.90 Å². The van der Waals surface area contributed by atoms with Crippen molar-refractivity contribution in [3.8, 4) is 0 Å². The molecule has 2 unspecified atom stereocenters. The van der Waals surface area contributed by atoms with Gasteiger partial charge in [-0.15, -0.1) is 0 Å². The maximum Gasteiger partial charge on any atom is 0.330 e. The number of rotatable bonds is 3.